The van der Waals surface area contributed by atoms with Crippen molar-refractivity contribution in [3.8, 4) is 11.5 Å². The summed E-state index contributed by atoms with van der Waals surface area (Å²) in [6, 6.07) is 12.6. The van der Waals surface area contributed by atoms with Gasteiger partial charge in [0, 0.05) is 5.69 Å². The molecule has 188 valence electrons. The fourth-order valence-electron chi connectivity index (χ4n) is 2.84. The van der Waals surface area contributed by atoms with Gasteiger partial charge in [-0.15, -0.1) is 0 Å². The molecule has 0 bridgehead atoms. The zero-order valence-electron chi connectivity index (χ0n) is 18.5. The summed E-state index contributed by atoms with van der Waals surface area (Å²) in [5.41, 5.74) is 2.38. The number of amides is 2. The molecule has 0 aliphatic carbocycles. The number of carbonyl (C=O) groups is 2. The van der Waals surface area contributed by atoms with E-state index >= 15 is 0 Å². The number of carbonyl (C=O) groups excluding carboxylic acids is 2. The lowest BCUT2D eigenvalue weighted by Crippen LogP contribution is -2.32. The highest BCUT2D eigenvalue weighted by molar-refractivity contribution is 9.10. The quantitative estimate of drug-likeness (QED) is 0.176. The van der Waals surface area contributed by atoms with Crippen LogP contribution < -0.4 is 20.2 Å². The number of benzene rings is 3. The number of anilines is 1. The highest BCUT2D eigenvalue weighted by atomic mass is 79.9. The minimum atomic E-state index is -4.51. The second-order valence-corrected chi connectivity index (χ2v) is 8.03. The summed E-state index contributed by atoms with van der Waals surface area (Å²) < 4.78 is 62.5. The summed E-state index contributed by atoms with van der Waals surface area (Å²) in [5, 5.41) is 5.89. The first-order valence-corrected chi connectivity index (χ1v) is 10.9. The number of alkyl halides is 3. The fraction of sp³-hybridized carbons (Fsp3) is 0.125. The second-order valence-electron chi connectivity index (χ2n) is 7.18. The molecule has 0 aliphatic rings. The summed E-state index contributed by atoms with van der Waals surface area (Å²) >= 11 is 3.37. The maximum atomic E-state index is 13.1. The molecule has 2 N–H and O–H groups in total. The number of nitrogens with one attached hydrogen (secondary N) is 2. The van der Waals surface area contributed by atoms with E-state index < -0.39 is 23.6 Å². The molecule has 3 rings (SSSR count). The molecule has 0 aliphatic heterocycles. The summed E-state index contributed by atoms with van der Waals surface area (Å²) in [6.45, 7) is 0.160. The van der Waals surface area contributed by atoms with E-state index in [-0.39, 0.29) is 18.1 Å². The Morgan fingerprint density at radius 3 is 2.31 bits per heavy atom. The van der Waals surface area contributed by atoms with Gasteiger partial charge < -0.3 is 14.8 Å². The van der Waals surface area contributed by atoms with Crippen molar-refractivity contribution in [2.45, 2.75) is 12.8 Å². The predicted molar refractivity (Wildman–Crippen MR) is 127 cm³/mol. The van der Waals surface area contributed by atoms with Gasteiger partial charge in [0.05, 0.1) is 23.4 Å². The molecule has 0 saturated carbocycles. The predicted octanol–water partition coefficient (Wildman–Crippen LogP) is 5.28. The molecule has 0 spiro atoms. The Bertz CT molecular complexity index is 1260. The smallest absolute Gasteiger partial charge is 0.416 e. The van der Waals surface area contributed by atoms with Gasteiger partial charge in [-0.3, -0.25) is 9.59 Å². The Morgan fingerprint density at radius 1 is 1.03 bits per heavy atom. The molecular weight excluding hydrogens is 550 g/mol. The molecule has 0 aromatic heterocycles. The molecule has 2 amide bonds. The van der Waals surface area contributed by atoms with E-state index in [0.29, 0.717) is 21.5 Å². The second kappa shape index (κ2) is 11.7. The van der Waals surface area contributed by atoms with Crippen molar-refractivity contribution in [1.82, 2.24) is 5.43 Å². The van der Waals surface area contributed by atoms with E-state index in [4.69, 9.17) is 9.47 Å². The number of nitrogens with zero attached hydrogens (tertiary/aromatic N) is 1. The Balaban J connectivity index is 1.59. The molecular formula is C24H18BrF4N3O4. The van der Waals surface area contributed by atoms with Crippen molar-refractivity contribution in [1.29, 1.82) is 0 Å². The number of rotatable bonds is 7. The number of methoxy groups -OCH3 is 1. The first kappa shape index (κ1) is 26.7. The first-order chi connectivity index (χ1) is 17.1. The highest BCUT2D eigenvalue weighted by Crippen LogP contribution is 2.37. The molecule has 3 aromatic carbocycles. The number of hydrogen-bond acceptors (Lipinski definition) is 5. The van der Waals surface area contributed by atoms with Crippen molar-refractivity contribution in [3.05, 3.63) is 87.6 Å². The Hall–Kier alpha value is -3.93. The Labute approximate surface area is 211 Å². The van der Waals surface area contributed by atoms with Crippen LogP contribution in [0.25, 0.3) is 0 Å². The number of hydrazone groups is 1. The van der Waals surface area contributed by atoms with Crippen LogP contribution in [0.4, 0.5) is 23.2 Å². The summed E-state index contributed by atoms with van der Waals surface area (Å²) in [7, 11) is 1.43. The van der Waals surface area contributed by atoms with Crippen LogP contribution in [0.1, 0.15) is 16.7 Å². The van der Waals surface area contributed by atoms with Crippen molar-refractivity contribution < 1.29 is 36.6 Å². The van der Waals surface area contributed by atoms with Gasteiger partial charge in [0.2, 0.25) is 0 Å². The number of hydrogen-bond donors (Lipinski definition) is 2. The molecule has 0 heterocycles. The molecule has 3 aromatic rings. The maximum Gasteiger partial charge on any atom is 0.416 e. The van der Waals surface area contributed by atoms with Gasteiger partial charge in [0.25, 0.3) is 0 Å². The van der Waals surface area contributed by atoms with Gasteiger partial charge >= 0.3 is 18.0 Å². The van der Waals surface area contributed by atoms with Crippen molar-refractivity contribution in [3.63, 3.8) is 0 Å². The van der Waals surface area contributed by atoms with Gasteiger partial charge in [-0.05, 0) is 75.6 Å². The standard InChI is InChI=1S/C24H18BrF4N3O4/c1-35-20-11-15(10-19(25)21(20)36-13-14-2-6-17(26)7-3-14)12-30-32-23(34)22(33)31-18-8-4-16(5-9-18)24(27,28)29/h2-12H,13H2,1H3,(H,31,33)(H,32,34). The SMILES string of the molecule is COc1cc(C=NNC(=O)C(=O)Nc2ccc(C(F)(F)F)cc2)cc(Br)c1OCc1ccc(F)cc1. The summed E-state index contributed by atoms with van der Waals surface area (Å²) in [5.74, 6) is -1.87. The van der Waals surface area contributed by atoms with Crippen LogP contribution in [0.2, 0.25) is 0 Å². The topological polar surface area (TPSA) is 89.0 Å². The van der Waals surface area contributed by atoms with Gasteiger partial charge in [-0.1, -0.05) is 12.1 Å². The van der Waals surface area contributed by atoms with Crippen LogP contribution in [0, 0.1) is 5.82 Å². The van der Waals surface area contributed by atoms with Crippen molar-refractivity contribution in [2.75, 3.05) is 12.4 Å². The fourth-order valence-corrected chi connectivity index (χ4v) is 3.41. The van der Waals surface area contributed by atoms with E-state index in [0.717, 1.165) is 29.8 Å². The zero-order valence-corrected chi connectivity index (χ0v) is 20.1. The van der Waals surface area contributed by atoms with Gasteiger partial charge in [-0.2, -0.15) is 18.3 Å². The molecule has 0 radical (unpaired) electrons. The minimum absolute atomic E-state index is 0.0111. The van der Waals surface area contributed by atoms with E-state index in [2.05, 4.69) is 26.3 Å². The van der Waals surface area contributed by atoms with Crippen LogP contribution in [0.5, 0.6) is 11.5 Å². The van der Waals surface area contributed by atoms with Crippen LogP contribution in [0.15, 0.2) is 70.2 Å². The van der Waals surface area contributed by atoms with Crippen LogP contribution in [0.3, 0.4) is 0 Å². The number of halogens is 5. The Kier molecular flexibility index (Phi) is 8.64. The first-order valence-electron chi connectivity index (χ1n) is 10.1. The molecule has 0 unspecified atom stereocenters. The summed E-state index contributed by atoms with van der Waals surface area (Å²) in [6.07, 6.45) is -3.26. The minimum Gasteiger partial charge on any atom is -0.493 e. The molecule has 0 saturated heterocycles. The molecule has 0 atom stereocenters. The van der Waals surface area contributed by atoms with Gasteiger partial charge in [0.15, 0.2) is 11.5 Å². The lowest BCUT2D eigenvalue weighted by Gasteiger charge is -2.13. The monoisotopic (exact) mass is 567 g/mol. The van der Waals surface area contributed by atoms with E-state index in [9.17, 15) is 27.2 Å². The third kappa shape index (κ3) is 7.28. The van der Waals surface area contributed by atoms with Crippen molar-refractivity contribution >= 4 is 39.6 Å². The average molecular weight is 568 g/mol. The normalized spacial score (nSPS) is 11.3. The Morgan fingerprint density at radius 2 is 1.69 bits per heavy atom. The van der Waals surface area contributed by atoms with E-state index in [1.807, 2.05) is 5.43 Å². The van der Waals surface area contributed by atoms with Crippen molar-refractivity contribution in [2.24, 2.45) is 5.10 Å². The molecule has 36 heavy (non-hydrogen) atoms. The molecule has 12 heteroatoms. The average Bonchev–Trinajstić information content (AvgIpc) is 2.83. The van der Waals surface area contributed by atoms with E-state index in [1.54, 1.807) is 24.3 Å². The van der Waals surface area contributed by atoms with Gasteiger partial charge in [0.1, 0.15) is 12.4 Å². The molecule has 0 fully saturated rings. The largest absolute Gasteiger partial charge is 0.493 e. The van der Waals surface area contributed by atoms with Crippen LogP contribution in [-0.2, 0) is 22.4 Å². The summed E-state index contributed by atoms with van der Waals surface area (Å²) in [4.78, 5) is 23.9. The number of ether oxygens (including phenoxy) is 2. The lowest BCUT2D eigenvalue weighted by atomic mass is 10.2. The van der Waals surface area contributed by atoms with Crippen LogP contribution in [-0.4, -0.2) is 25.1 Å². The lowest BCUT2D eigenvalue weighted by molar-refractivity contribution is -0.137. The van der Waals surface area contributed by atoms with E-state index in [1.165, 1.54) is 25.5 Å². The van der Waals surface area contributed by atoms with Crippen LogP contribution >= 0.6 is 15.9 Å². The maximum absolute atomic E-state index is 13.1. The molecule has 7 nitrogen and oxygen atoms in total. The third-order valence-corrected chi connectivity index (χ3v) is 5.19. The third-order valence-electron chi connectivity index (χ3n) is 4.60. The van der Waals surface area contributed by atoms with Gasteiger partial charge in [-0.25, -0.2) is 9.82 Å². The highest BCUT2D eigenvalue weighted by Gasteiger charge is 2.30. The zero-order chi connectivity index (χ0) is 26.3.